The second kappa shape index (κ2) is 7.82. The molecule has 23 heavy (non-hydrogen) atoms. The molecular formula is C19H29N2O2+. The molecule has 1 aromatic carbocycles. The Bertz CT molecular complexity index is 497. The van der Waals surface area contributed by atoms with Gasteiger partial charge in [0.2, 0.25) is 0 Å². The fourth-order valence-corrected chi connectivity index (χ4v) is 4.01. The van der Waals surface area contributed by atoms with Crippen molar-refractivity contribution < 1.29 is 14.4 Å². The summed E-state index contributed by atoms with van der Waals surface area (Å²) in [6, 6.07) is 10.4. The van der Waals surface area contributed by atoms with Crippen LogP contribution in [-0.2, 0) is 4.79 Å². The quantitative estimate of drug-likeness (QED) is 0.910. The van der Waals surface area contributed by atoms with Crippen molar-refractivity contribution >= 4 is 5.91 Å². The van der Waals surface area contributed by atoms with Crippen molar-refractivity contribution in [3.8, 4) is 5.75 Å². The summed E-state index contributed by atoms with van der Waals surface area (Å²) in [6.45, 7) is 6.46. The van der Waals surface area contributed by atoms with E-state index in [0.29, 0.717) is 0 Å². The van der Waals surface area contributed by atoms with Gasteiger partial charge in [0, 0.05) is 6.42 Å². The second-order valence-corrected chi connectivity index (χ2v) is 7.11. The van der Waals surface area contributed by atoms with E-state index in [2.05, 4.69) is 6.92 Å². The highest BCUT2D eigenvalue weighted by Crippen LogP contribution is 2.22. The van der Waals surface area contributed by atoms with E-state index < -0.39 is 0 Å². The van der Waals surface area contributed by atoms with Gasteiger partial charge in [-0.3, -0.25) is 4.79 Å². The van der Waals surface area contributed by atoms with Gasteiger partial charge in [-0.1, -0.05) is 31.5 Å². The predicted molar refractivity (Wildman–Crippen MR) is 90.6 cm³/mol. The van der Waals surface area contributed by atoms with Crippen molar-refractivity contribution in [2.24, 2.45) is 5.92 Å². The molecule has 2 aliphatic rings. The van der Waals surface area contributed by atoms with Gasteiger partial charge < -0.3 is 14.5 Å². The zero-order chi connectivity index (χ0) is 16.1. The Morgan fingerprint density at radius 3 is 2.65 bits per heavy atom. The van der Waals surface area contributed by atoms with Crippen molar-refractivity contribution in [1.29, 1.82) is 0 Å². The highest BCUT2D eigenvalue weighted by molar-refractivity contribution is 5.77. The average molecular weight is 317 g/mol. The molecule has 2 fully saturated rings. The third-order valence-corrected chi connectivity index (χ3v) is 5.38. The normalized spacial score (nSPS) is 26.0. The zero-order valence-electron chi connectivity index (χ0n) is 14.2. The first-order valence-electron chi connectivity index (χ1n) is 9.02. The fraction of sp³-hybridized carbons (Fsp3) is 0.632. The highest BCUT2D eigenvalue weighted by atomic mass is 16.5. The Morgan fingerprint density at radius 2 is 1.96 bits per heavy atom. The number of rotatable bonds is 4. The molecule has 0 unspecified atom stereocenters. The molecule has 1 aliphatic heterocycles. The highest BCUT2D eigenvalue weighted by Gasteiger charge is 2.31. The number of hydrogen-bond acceptors (Lipinski definition) is 2. The largest absolute Gasteiger partial charge is 0.484 e. The van der Waals surface area contributed by atoms with E-state index in [1.165, 1.54) is 25.7 Å². The summed E-state index contributed by atoms with van der Waals surface area (Å²) >= 11 is 0. The number of piperazine rings is 1. The molecule has 1 N–H and O–H groups in total. The Hall–Kier alpha value is -1.55. The van der Waals surface area contributed by atoms with Crippen molar-refractivity contribution in [1.82, 2.24) is 4.90 Å². The van der Waals surface area contributed by atoms with E-state index in [-0.39, 0.29) is 12.5 Å². The van der Waals surface area contributed by atoms with Crippen molar-refractivity contribution in [2.75, 3.05) is 32.8 Å². The summed E-state index contributed by atoms with van der Waals surface area (Å²) in [4.78, 5) is 16.0. The van der Waals surface area contributed by atoms with Crippen LogP contribution in [0, 0.1) is 5.92 Å². The summed E-state index contributed by atoms with van der Waals surface area (Å²) in [6.07, 6.45) is 5.50. The van der Waals surface area contributed by atoms with Gasteiger partial charge in [0.05, 0.1) is 32.2 Å². The number of ether oxygens (including phenoxy) is 1. The van der Waals surface area contributed by atoms with E-state index >= 15 is 0 Å². The van der Waals surface area contributed by atoms with E-state index in [9.17, 15) is 4.79 Å². The third kappa shape index (κ3) is 4.47. The molecule has 0 spiro atoms. The molecule has 4 heteroatoms. The van der Waals surface area contributed by atoms with Crippen LogP contribution in [0.5, 0.6) is 5.75 Å². The van der Waals surface area contributed by atoms with Gasteiger partial charge in [-0.05, 0) is 30.9 Å². The van der Waals surface area contributed by atoms with Gasteiger partial charge in [-0.15, -0.1) is 0 Å². The standard InChI is InChI=1S/C19H28N2O2/c1-16-6-5-7-17(14-16)20-10-12-21(13-11-20)19(22)15-23-18-8-3-2-4-9-18/h2-4,8-9,16-17H,5-7,10-15H2,1H3/p+1/t16-,17+/m1/s1. The molecule has 1 aromatic rings. The molecule has 1 saturated heterocycles. The van der Waals surface area contributed by atoms with Crippen molar-refractivity contribution in [3.63, 3.8) is 0 Å². The topological polar surface area (TPSA) is 34.0 Å². The second-order valence-electron chi connectivity index (χ2n) is 7.11. The lowest BCUT2D eigenvalue weighted by atomic mass is 9.86. The predicted octanol–water partition coefficient (Wildman–Crippen LogP) is 1.37. The average Bonchev–Trinajstić information content (AvgIpc) is 2.61. The number of para-hydroxylation sites is 1. The first kappa shape index (κ1) is 16.3. The smallest absolute Gasteiger partial charge is 0.260 e. The Kier molecular flexibility index (Phi) is 5.55. The van der Waals surface area contributed by atoms with Crippen LogP contribution in [0.25, 0.3) is 0 Å². The number of nitrogens with zero attached hydrogens (tertiary/aromatic N) is 1. The van der Waals surface area contributed by atoms with E-state index in [4.69, 9.17) is 4.74 Å². The van der Waals surface area contributed by atoms with Crippen LogP contribution in [0.1, 0.15) is 32.6 Å². The monoisotopic (exact) mass is 317 g/mol. The molecule has 0 bridgehead atoms. The molecule has 0 radical (unpaired) electrons. The SMILES string of the molecule is C[C@@H]1CCC[C@H]([NH+]2CCN(C(=O)COc3ccccc3)CC2)C1. The number of amides is 1. The number of quaternary nitrogens is 1. The van der Waals surface area contributed by atoms with Crippen LogP contribution >= 0.6 is 0 Å². The van der Waals surface area contributed by atoms with Crippen molar-refractivity contribution in [2.45, 2.75) is 38.6 Å². The molecule has 1 heterocycles. The van der Waals surface area contributed by atoms with E-state index in [1.54, 1.807) is 4.90 Å². The Labute approximate surface area is 139 Å². The Balaban J connectivity index is 1.42. The fourth-order valence-electron chi connectivity index (χ4n) is 4.01. The third-order valence-electron chi connectivity index (χ3n) is 5.38. The van der Waals surface area contributed by atoms with Gasteiger partial charge >= 0.3 is 0 Å². The number of hydrogen-bond donors (Lipinski definition) is 1. The lowest BCUT2D eigenvalue weighted by Crippen LogP contribution is -3.18. The summed E-state index contributed by atoms with van der Waals surface area (Å²) in [5.41, 5.74) is 0. The molecular weight excluding hydrogens is 288 g/mol. The summed E-state index contributed by atoms with van der Waals surface area (Å²) in [7, 11) is 0. The van der Waals surface area contributed by atoms with Gasteiger partial charge in [0.25, 0.3) is 5.91 Å². The van der Waals surface area contributed by atoms with Gasteiger partial charge in [0.15, 0.2) is 6.61 Å². The first-order valence-corrected chi connectivity index (χ1v) is 9.02. The molecule has 3 rings (SSSR count). The molecule has 4 nitrogen and oxygen atoms in total. The van der Waals surface area contributed by atoms with Crippen LogP contribution in [0.15, 0.2) is 30.3 Å². The van der Waals surface area contributed by atoms with E-state index in [1.807, 2.05) is 35.2 Å². The lowest BCUT2D eigenvalue weighted by Gasteiger charge is -2.39. The maximum Gasteiger partial charge on any atom is 0.260 e. The van der Waals surface area contributed by atoms with Gasteiger partial charge in [-0.25, -0.2) is 0 Å². The minimum Gasteiger partial charge on any atom is -0.484 e. The van der Waals surface area contributed by atoms with Crippen LogP contribution in [0.4, 0.5) is 0 Å². The number of carbonyl (C=O) groups is 1. The van der Waals surface area contributed by atoms with Crippen LogP contribution in [0.2, 0.25) is 0 Å². The van der Waals surface area contributed by atoms with Gasteiger partial charge in [-0.2, -0.15) is 0 Å². The maximum atomic E-state index is 12.3. The summed E-state index contributed by atoms with van der Waals surface area (Å²) in [5.74, 6) is 1.76. The van der Waals surface area contributed by atoms with Gasteiger partial charge in [0.1, 0.15) is 5.75 Å². The van der Waals surface area contributed by atoms with Crippen molar-refractivity contribution in [3.05, 3.63) is 30.3 Å². The minimum atomic E-state index is 0.116. The molecule has 1 saturated carbocycles. The van der Waals surface area contributed by atoms with Crippen LogP contribution in [0.3, 0.4) is 0 Å². The first-order chi connectivity index (χ1) is 11.2. The molecule has 2 atom stereocenters. The summed E-state index contributed by atoms with van der Waals surface area (Å²) in [5, 5.41) is 0. The molecule has 126 valence electrons. The van der Waals surface area contributed by atoms with E-state index in [0.717, 1.165) is 43.9 Å². The maximum absolute atomic E-state index is 12.3. The molecule has 1 aliphatic carbocycles. The lowest BCUT2D eigenvalue weighted by molar-refractivity contribution is -0.930. The Morgan fingerprint density at radius 1 is 1.22 bits per heavy atom. The summed E-state index contributed by atoms with van der Waals surface area (Å²) < 4.78 is 5.58. The molecule has 0 aromatic heterocycles. The zero-order valence-corrected chi connectivity index (χ0v) is 14.2. The number of benzene rings is 1. The number of carbonyl (C=O) groups excluding carboxylic acids is 1. The number of nitrogens with one attached hydrogen (secondary N) is 1. The van der Waals surface area contributed by atoms with Crippen LogP contribution in [-0.4, -0.2) is 49.6 Å². The minimum absolute atomic E-state index is 0.116. The van der Waals surface area contributed by atoms with Crippen LogP contribution < -0.4 is 9.64 Å². The molecule has 1 amide bonds.